The van der Waals surface area contributed by atoms with Gasteiger partial charge in [0.2, 0.25) is 0 Å². The Morgan fingerprint density at radius 2 is 2.11 bits per heavy atom. The lowest BCUT2D eigenvalue weighted by atomic mass is 10.1. The van der Waals surface area contributed by atoms with Crippen molar-refractivity contribution in [1.82, 2.24) is 4.57 Å². The number of aromatic nitrogens is 1. The fourth-order valence-electron chi connectivity index (χ4n) is 1.97. The van der Waals surface area contributed by atoms with Gasteiger partial charge in [0, 0.05) is 18.5 Å². The third-order valence-electron chi connectivity index (χ3n) is 3.02. The molecule has 8 heteroatoms. The van der Waals surface area contributed by atoms with E-state index in [0.717, 1.165) is 12.3 Å². The molecule has 0 aromatic carbocycles. The molecule has 2 rings (SSSR count). The zero-order valence-corrected chi connectivity index (χ0v) is 9.84. The Bertz CT molecular complexity index is 542. The fraction of sp³-hybridized carbons (Fsp3) is 0.455. The molecule has 4 unspecified atom stereocenters. The topological polar surface area (TPSA) is 135 Å². The molecule has 0 bridgehead atoms. The molecule has 0 aliphatic carbocycles. The molecule has 1 aliphatic rings. The number of nitrogens with zero attached hydrogens (tertiary/aromatic N) is 1. The van der Waals surface area contributed by atoms with Gasteiger partial charge in [-0.2, -0.15) is 0 Å². The van der Waals surface area contributed by atoms with Crippen molar-refractivity contribution < 1.29 is 24.9 Å². The number of carbonyl (C=O) groups excluding carboxylic acids is 1. The smallest absolute Gasteiger partial charge is 0.254 e. The maximum atomic E-state index is 11.4. The van der Waals surface area contributed by atoms with Crippen molar-refractivity contribution in [2.24, 2.45) is 5.73 Å². The van der Waals surface area contributed by atoms with Crippen LogP contribution in [0.25, 0.3) is 0 Å². The Morgan fingerprint density at radius 3 is 2.63 bits per heavy atom. The predicted octanol–water partition coefficient (Wildman–Crippen LogP) is -2.44. The predicted molar refractivity (Wildman–Crippen MR) is 62.2 cm³/mol. The molecule has 1 aromatic rings. The van der Waals surface area contributed by atoms with Crippen molar-refractivity contribution in [3.63, 3.8) is 0 Å². The van der Waals surface area contributed by atoms with Crippen LogP contribution in [0.1, 0.15) is 16.6 Å². The number of hydrogen-bond acceptors (Lipinski definition) is 6. The number of hydrogen-bond donors (Lipinski definition) is 4. The Morgan fingerprint density at radius 1 is 1.42 bits per heavy atom. The van der Waals surface area contributed by atoms with Gasteiger partial charge in [-0.05, 0) is 0 Å². The molecule has 5 N–H and O–H groups in total. The molecule has 1 saturated heterocycles. The van der Waals surface area contributed by atoms with Gasteiger partial charge in [0.1, 0.15) is 23.9 Å². The van der Waals surface area contributed by atoms with E-state index in [2.05, 4.69) is 0 Å². The van der Waals surface area contributed by atoms with Crippen LogP contribution in [-0.2, 0) is 4.74 Å². The van der Waals surface area contributed by atoms with E-state index in [1.54, 1.807) is 0 Å². The normalized spacial score (nSPS) is 30.5. The highest BCUT2D eigenvalue weighted by atomic mass is 16.6. The maximum absolute atomic E-state index is 11.4. The molecule has 2 heterocycles. The second kappa shape index (κ2) is 5.10. The van der Waals surface area contributed by atoms with E-state index in [9.17, 15) is 19.8 Å². The molecule has 19 heavy (non-hydrogen) atoms. The van der Waals surface area contributed by atoms with E-state index < -0.39 is 42.5 Å². The minimum absolute atomic E-state index is 0.250. The second-order valence-corrected chi connectivity index (χ2v) is 4.26. The zero-order chi connectivity index (χ0) is 14.2. The minimum atomic E-state index is -1.29. The highest BCUT2D eigenvalue weighted by Gasteiger charge is 2.43. The SMILES string of the molecule is NC(=O)c1cn(C2OC(CO)C(O)C2O)ccc1=O. The molecule has 1 aliphatic heterocycles. The van der Waals surface area contributed by atoms with Crippen molar-refractivity contribution in [2.75, 3.05) is 6.61 Å². The lowest BCUT2D eigenvalue weighted by Gasteiger charge is -2.18. The van der Waals surface area contributed by atoms with Gasteiger partial charge in [-0.25, -0.2) is 0 Å². The summed E-state index contributed by atoms with van der Waals surface area (Å²) in [6, 6.07) is 1.11. The van der Waals surface area contributed by atoms with Gasteiger partial charge in [-0.3, -0.25) is 9.59 Å². The standard InChI is InChI=1S/C11H14N2O6/c12-10(18)5-3-13(2-1-6(5)15)11-9(17)8(16)7(4-14)19-11/h1-3,7-9,11,14,16-17H,4H2,(H2,12,18). The van der Waals surface area contributed by atoms with Crippen molar-refractivity contribution >= 4 is 5.91 Å². The summed E-state index contributed by atoms with van der Waals surface area (Å²) in [6.45, 7) is -0.461. The van der Waals surface area contributed by atoms with Crippen LogP contribution in [0, 0.1) is 0 Å². The average Bonchev–Trinajstić information content (AvgIpc) is 2.66. The van der Waals surface area contributed by atoms with Gasteiger partial charge in [0.25, 0.3) is 5.91 Å². The molecule has 8 nitrogen and oxygen atoms in total. The molecule has 1 amide bonds. The van der Waals surface area contributed by atoms with Crippen LogP contribution in [-0.4, -0.2) is 50.7 Å². The van der Waals surface area contributed by atoms with Crippen LogP contribution in [0.2, 0.25) is 0 Å². The highest BCUT2D eigenvalue weighted by molar-refractivity contribution is 5.92. The Kier molecular flexibility index (Phi) is 3.67. The number of ether oxygens (including phenoxy) is 1. The number of aliphatic hydroxyl groups excluding tert-OH is 3. The number of rotatable bonds is 3. The van der Waals surface area contributed by atoms with Crippen LogP contribution in [0.5, 0.6) is 0 Å². The Balaban J connectivity index is 2.35. The van der Waals surface area contributed by atoms with Crippen LogP contribution in [0.15, 0.2) is 23.3 Å². The van der Waals surface area contributed by atoms with E-state index in [0.29, 0.717) is 0 Å². The van der Waals surface area contributed by atoms with Crippen molar-refractivity contribution in [1.29, 1.82) is 0 Å². The van der Waals surface area contributed by atoms with Crippen molar-refractivity contribution in [2.45, 2.75) is 24.5 Å². The summed E-state index contributed by atoms with van der Waals surface area (Å²) in [5.74, 6) is -0.897. The Labute approximate surface area is 107 Å². The fourth-order valence-corrected chi connectivity index (χ4v) is 1.97. The van der Waals surface area contributed by atoms with E-state index >= 15 is 0 Å². The quantitative estimate of drug-likeness (QED) is 0.482. The minimum Gasteiger partial charge on any atom is -0.394 e. The summed E-state index contributed by atoms with van der Waals surface area (Å²) in [4.78, 5) is 22.5. The summed E-state index contributed by atoms with van der Waals surface area (Å²) < 4.78 is 6.51. The first kappa shape index (κ1) is 13.7. The lowest BCUT2D eigenvalue weighted by Crippen LogP contribution is -2.33. The largest absolute Gasteiger partial charge is 0.394 e. The Hall–Kier alpha value is -1.74. The number of aliphatic hydroxyl groups is 3. The van der Waals surface area contributed by atoms with Crippen LogP contribution in [0.3, 0.4) is 0 Å². The lowest BCUT2D eigenvalue weighted by molar-refractivity contribution is -0.0530. The van der Waals surface area contributed by atoms with Crippen LogP contribution >= 0.6 is 0 Å². The zero-order valence-electron chi connectivity index (χ0n) is 9.84. The second-order valence-electron chi connectivity index (χ2n) is 4.26. The van der Waals surface area contributed by atoms with Gasteiger partial charge >= 0.3 is 0 Å². The maximum Gasteiger partial charge on any atom is 0.254 e. The molecule has 0 radical (unpaired) electrons. The number of nitrogens with two attached hydrogens (primary N) is 1. The van der Waals surface area contributed by atoms with E-state index in [-0.39, 0.29) is 5.56 Å². The third-order valence-corrected chi connectivity index (χ3v) is 3.02. The first-order valence-electron chi connectivity index (χ1n) is 5.59. The third kappa shape index (κ3) is 2.38. The van der Waals surface area contributed by atoms with E-state index in [1.807, 2.05) is 0 Å². The summed E-state index contributed by atoms with van der Waals surface area (Å²) in [5.41, 5.74) is 4.26. The van der Waals surface area contributed by atoms with Gasteiger partial charge in [0.05, 0.1) is 6.61 Å². The molecular formula is C11H14N2O6. The number of amides is 1. The molecule has 0 spiro atoms. The number of pyridine rings is 1. The van der Waals surface area contributed by atoms with Gasteiger partial charge in [0.15, 0.2) is 11.7 Å². The first-order valence-corrected chi connectivity index (χ1v) is 5.59. The van der Waals surface area contributed by atoms with Crippen LogP contribution in [0.4, 0.5) is 0 Å². The monoisotopic (exact) mass is 270 g/mol. The van der Waals surface area contributed by atoms with Gasteiger partial charge < -0.3 is 30.4 Å². The molecule has 4 atom stereocenters. The molecule has 104 valence electrons. The molecule has 1 aromatic heterocycles. The molecular weight excluding hydrogens is 256 g/mol. The highest BCUT2D eigenvalue weighted by Crippen LogP contribution is 2.28. The summed E-state index contributed by atoms with van der Waals surface area (Å²) in [7, 11) is 0. The summed E-state index contributed by atoms with van der Waals surface area (Å²) in [5, 5.41) is 28.4. The van der Waals surface area contributed by atoms with Crippen molar-refractivity contribution in [3.8, 4) is 0 Å². The summed E-state index contributed by atoms with van der Waals surface area (Å²) in [6.07, 6.45) is -2.05. The van der Waals surface area contributed by atoms with E-state index in [4.69, 9.17) is 15.6 Å². The number of primary amides is 1. The van der Waals surface area contributed by atoms with Crippen LogP contribution < -0.4 is 11.2 Å². The summed E-state index contributed by atoms with van der Waals surface area (Å²) >= 11 is 0. The number of carbonyl (C=O) groups is 1. The average molecular weight is 270 g/mol. The van der Waals surface area contributed by atoms with Gasteiger partial charge in [-0.1, -0.05) is 0 Å². The van der Waals surface area contributed by atoms with Crippen molar-refractivity contribution in [3.05, 3.63) is 34.2 Å². The van der Waals surface area contributed by atoms with E-state index in [1.165, 1.54) is 10.8 Å². The first-order chi connectivity index (χ1) is 8.95. The molecule has 0 saturated carbocycles. The molecule has 1 fully saturated rings. The van der Waals surface area contributed by atoms with Gasteiger partial charge in [-0.15, -0.1) is 0 Å².